The highest BCUT2D eigenvalue weighted by atomic mass is 16.4. The topological polar surface area (TPSA) is 60.8 Å². The molecule has 1 aliphatic heterocycles. The molecular weight excluding hydrogens is 206 g/mol. The van der Waals surface area contributed by atoms with Gasteiger partial charge in [-0.15, -0.1) is 0 Å². The Morgan fingerprint density at radius 2 is 1.88 bits per heavy atom. The zero-order chi connectivity index (χ0) is 12.5. The van der Waals surface area contributed by atoms with Crippen LogP contribution in [0, 0.1) is 11.8 Å². The van der Waals surface area contributed by atoms with Gasteiger partial charge in [0.1, 0.15) is 0 Å². The maximum atomic E-state index is 11.2. The van der Waals surface area contributed by atoms with Crippen LogP contribution in [0.15, 0.2) is 0 Å². The number of aliphatic hydroxyl groups is 1. The predicted octanol–water partition coefficient (Wildman–Crippen LogP) is 1.19. The lowest BCUT2D eigenvalue weighted by Crippen LogP contribution is -2.48. The quantitative estimate of drug-likeness (QED) is 0.760. The molecule has 0 aromatic carbocycles. The van der Waals surface area contributed by atoms with Crippen molar-refractivity contribution in [3.8, 4) is 0 Å². The van der Waals surface area contributed by atoms with Crippen molar-refractivity contribution in [1.29, 1.82) is 0 Å². The lowest BCUT2D eigenvalue weighted by molar-refractivity contribution is -0.154. The number of aliphatic carboxylic acids is 1. The second-order valence-electron chi connectivity index (χ2n) is 5.48. The van der Waals surface area contributed by atoms with E-state index < -0.39 is 17.5 Å². The van der Waals surface area contributed by atoms with Crippen molar-refractivity contribution in [2.24, 2.45) is 11.8 Å². The number of nitrogens with zero attached hydrogens (tertiary/aromatic N) is 1. The minimum Gasteiger partial charge on any atom is -0.481 e. The molecule has 2 atom stereocenters. The Kier molecular flexibility index (Phi) is 3.97. The maximum absolute atomic E-state index is 11.2. The van der Waals surface area contributed by atoms with Gasteiger partial charge in [-0.1, -0.05) is 13.8 Å². The van der Waals surface area contributed by atoms with Gasteiger partial charge >= 0.3 is 5.97 Å². The van der Waals surface area contributed by atoms with Crippen LogP contribution in [0.25, 0.3) is 0 Å². The summed E-state index contributed by atoms with van der Waals surface area (Å²) in [6, 6.07) is 0.357. The van der Waals surface area contributed by atoms with E-state index in [1.807, 2.05) is 13.8 Å². The average Bonchev–Trinajstić information content (AvgIpc) is 2.46. The molecule has 4 nitrogen and oxygen atoms in total. The SMILES string of the molecule is CC(C)C(C(=O)O)C1(O)CCN(C(C)C)C1. The molecular formula is C12H23NO3. The van der Waals surface area contributed by atoms with E-state index in [0.717, 1.165) is 6.54 Å². The Labute approximate surface area is 97.3 Å². The molecule has 0 aromatic heterocycles. The first-order valence-corrected chi connectivity index (χ1v) is 5.97. The third-order valence-corrected chi connectivity index (χ3v) is 3.55. The van der Waals surface area contributed by atoms with Crippen LogP contribution < -0.4 is 0 Å². The van der Waals surface area contributed by atoms with Gasteiger partial charge in [0.05, 0.1) is 11.5 Å². The third kappa shape index (κ3) is 2.55. The summed E-state index contributed by atoms with van der Waals surface area (Å²) >= 11 is 0. The molecule has 4 heteroatoms. The van der Waals surface area contributed by atoms with Crippen LogP contribution in [0.1, 0.15) is 34.1 Å². The van der Waals surface area contributed by atoms with Gasteiger partial charge in [-0.2, -0.15) is 0 Å². The molecule has 0 aliphatic carbocycles. The number of carboxylic acids is 1. The van der Waals surface area contributed by atoms with E-state index in [0.29, 0.717) is 19.0 Å². The summed E-state index contributed by atoms with van der Waals surface area (Å²) in [6.07, 6.45) is 0.556. The number of likely N-dealkylation sites (tertiary alicyclic amines) is 1. The molecule has 2 unspecified atom stereocenters. The fraction of sp³-hybridized carbons (Fsp3) is 0.917. The van der Waals surface area contributed by atoms with E-state index in [9.17, 15) is 15.0 Å². The molecule has 0 saturated carbocycles. The molecule has 1 heterocycles. The number of β-amino-alcohol motifs (C(OH)–C–C–N with tert-alkyl or cyclic N) is 1. The molecule has 0 bridgehead atoms. The number of rotatable bonds is 4. The molecule has 0 spiro atoms. The van der Waals surface area contributed by atoms with Gasteiger partial charge < -0.3 is 10.2 Å². The molecule has 0 radical (unpaired) electrons. The number of hydrogen-bond acceptors (Lipinski definition) is 3. The van der Waals surface area contributed by atoms with Gasteiger partial charge in [0.2, 0.25) is 0 Å². The summed E-state index contributed by atoms with van der Waals surface area (Å²) in [7, 11) is 0. The van der Waals surface area contributed by atoms with Crippen LogP contribution in [0.3, 0.4) is 0 Å². The molecule has 1 fully saturated rings. The molecule has 16 heavy (non-hydrogen) atoms. The highest BCUT2D eigenvalue weighted by Gasteiger charge is 2.48. The summed E-state index contributed by atoms with van der Waals surface area (Å²) in [5, 5.41) is 19.7. The van der Waals surface area contributed by atoms with E-state index in [-0.39, 0.29) is 5.92 Å². The summed E-state index contributed by atoms with van der Waals surface area (Å²) in [6.45, 7) is 9.10. The van der Waals surface area contributed by atoms with Gasteiger partial charge in [-0.25, -0.2) is 0 Å². The zero-order valence-electron chi connectivity index (χ0n) is 10.6. The third-order valence-electron chi connectivity index (χ3n) is 3.55. The summed E-state index contributed by atoms with van der Waals surface area (Å²) < 4.78 is 0. The maximum Gasteiger partial charge on any atom is 0.309 e. The van der Waals surface area contributed by atoms with Crippen molar-refractivity contribution in [1.82, 2.24) is 4.90 Å². The summed E-state index contributed by atoms with van der Waals surface area (Å²) in [5.41, 5.74) is -1.07. The molecule has 2 N–H and O–H groups in total. The number of hydrogen-bond donors (Lipinski definition) is 2. The van der Waals surface area contributed by atoms with Gasteiger partial charge in [0, 0.05) is 19.1 Å². The van der Waals surface area contributed by atoms with Crippen LogP contribution >= 0.6 is 0 Å². The molecule has 0 aromatic rings. The van der Waals surface area contributed by atoms with Crippen LogP contribution in [0.2, 0.25) is 0 Å². The van der Waals surface area contributed by atoms with Crippen LogP contribution in [0.5, 0.6) is 0 Å². The van der Waals surface area contributed by atoms with Crippen molar-refractivity contribution in [3.63, 3.8) is 0 Å². The van der Waals surface area contributed by atoms with Gasteiger partial charge in [-0.3, -0.25) is 9.69 Å². The average molecular weight is 229 g/mol. The van der Waals surface area contributed by atoms with Crippen molar-refractivity contribution in [2.45, 2.75) is 45.8 Å². The van der Waals surface area contributed by atoms with E-state index in [2.05, 4.69) is 18.7 Å². The second-order valence-corrected chi connectivity index (χ2v) is 5.48. The Bertz CT molecular complexity index is 265. The minimum atomic E-state index is -1.07. The molecule has 0 amide bonds. The highest BCUT2D eigenvalue weighted by molar-refractivity contribution is 5.72. The Balaban J connectivity index is 2.82. The highest BCUT2D eigenvalue weighted by Crippen LogP contribution is 2.34. The van der Waals surface area contributed by atoms with E-state index in [1.54, 1.807) is 0 Å². The molecule has 94 valence electrons. The fourth-order valence-corrected chi connectivity index (χ4v) is 2.68. The molecule has 1 aliphatic rings. The van der Waals surface area contributed by atoms with Gasteiger partial charge in [-0.05, 0) is 26.2 Å². The first-order valence-electron chi connectivity index (χ1n) is 5.97. The van der Waals surface area contributed by atoms with E-state index >= 15 is 0 Å². The molecule has 1 saturated heterocycles. The second kappa shape index (κ2) is 4.72. The number of carbonyl (C=O) groups is 1. The lowest BCUT2D eigenvalue weighted by atomic mass is 9.79. The van der Waals surface area contributed by atoms with Crippen LogP contribution in [0.4, 0.5) is 0 Å². The lowest BCUT2D eigenvalue weighted by Gasteiger charge is -2.33. The van der Waals surface area contributed by atoms with E-state index in [4.69, 9.17) is 0 Å². The summed E-state index contributed by atoms with van der Waals surface area (Å²) in [5.74, 6) is -1.60. The first-order chi connectivity index (χ1) is 7.28. The Morgan fingerprint density at radius 3 is 2.19 bits per heavy atom. The standard InChI is InChI=1S/C12H23NO3/c1-8(2)10(11(14)15)12(16)5-6-13(7-12)9(3)4/h8-10,16H,5-7H2,1-4H3,(H,14,15). The molecule has 1 rings (SSSR count). The summed E-state index contributed by atoms with van der Waals surface area (Å²) in [4.78, 5) is 13.4. The van der Waals surface area contributed by atoms with E-state index in [1.165, 1.54) is 0 Å². The normalized spacial score (nSPS) is 28.9. The van der Waals surface area contributed by atoms with Crippen LogP contribution in [-0.2, 0) is 4.79 Å². The monoisotopic (exact) mass is 229 g/mol. The van der Waals surface area contributed by atoms with Crippen molar-refractivity contribution in [3.05, 3.63) is 0 Å². The number of carboxylic acid groups (broad SMARTS) is 1. The van der Waals surface area contributed by atoms with Crippen molar-refractivity contribution < 1.29 is 15.0 Å². The predicted molar refractivity (Wildman–Crippen MR) is 62.2 cm³/mol. The van der Waals surface area contributed by atoms with Crippen molar-refractivity contribution >= 4 is 5.97 Å². The van der Waals surface area contributed by atoms with Gasteiger partial charge in [0.25, 0.3) is 0 Å². The Morgan fingerprint density at radius 1 is 1.31 bits per heavy atom. The minimum absolute atomic E-state index is 0.0467. The Hall–Kier alpha value is -0.610. The smallest absolute Gasteiger partial charge is 0.309 e. The largest absolute Gasteiger partial charge is 0.481 e. The fourth-order valence-electron chi connectivity index (χ4n) is 2.68. The van der Waals surface area contributed by atoms with Gasteiger partial charge in [0.15, 0.2) is 0 Å². The zero-order valence-corrected chi connectivity index (χ0v) is 10.6. The van der Waals surface area contributed by atoms with Crippen molar-refractivity contribution in [2.75, 3.05) is 13.1 Å². The first kappa shape index (κ1) is 13.5. The van der Waals surface area contributed by atoms with Crippen LogP contribution in [-0.4, -0.2) is 45.8 Å².